The first-order valence-electron chi connectivity index (χ1n) is 8.29. The third-order valence-electron chi connectivity index (χ3n) is 3.69. The summed E-state index contributed by atoms with van der Waals surface area (Å²) in [4.78, 5) is 35.0. The number of esters is 2. The van der Waals surface area contributed by atoms with Crippen molar-refractivity contribution in [3.63, 3.8) is 0 Å². The smallest absolute Gasteiger partial charge is 0.344 e. The topological polar surface area (TPSA) is 95.7 Å². The maximum absolute atomic E-state index is 13.2. The third-order valence-corrected chi connectivity index (χ3v) is 3.69. The summed E-state index contributed by atoms with van der Waals surface area (Å²) in [5, 5.41) is 11.0. The van der Waals surface area contributed by atoms with E-state index >= 15 is 0 Å². The molecule has 0 aromatic heterocycles. The van der Waals surface area contributed by atoms with Gasteiger partial charge in [0.15, 0.2) is 0 Å². The quantitative estimate of drug-likeness (QED) is 0.310. The molecule has 0 aliphatic rings. The van der Waals surface area contributed by atoms with Crippen LogP contribution < -0.4 is 4.74 Å². The molecule has 0 aliphatic heterocycles. The van der Waals surface area contributed by atoms with Crippen molar-refractivity contribution in [1.82, 2.24) is 0 Å². The normalized spacial score (nSPS) is 11.5. The lowest BCUT2D eigenvalue weighted by molar-refractivity contribution is -0.385. The molecule has 2 rings (SSSR count). The summed E-state index contributed by atoms with van der Waals surface area (Å²) in [5.41, 5.74) is -0.819. The molecular formula is C19H18FNO6. The van der Waals surface area contributed by atoms with Crippen LogP contribution in [0, 0.1) is 15.9 Å². The van der Waals surface area contributed by atoms with Crippen molar-refractivity contribution in [2.24, 2.45) is 0 Å². The zero-order chi connectivity index (χ0) is 20.0. The highest BCUT2D eigenvalue weighted by Crippen LogP contribution is 2.28. The summed E-state index contributed by atoms with van der Waals surface area (Å²) in [7, 11) is 0. The summed E-state index contributed by atoms with van der Waals surface area (Å²) < 4.78 is 23.5. The van der Waals surface area contributed by atoms with Gasteiger partial charge in [0.1, 0.15) is 5.82 Å². The first kappa shape index (κ1) is 20.0. The summed E-state index contributed by atoms with van der Waals surface area (Å²) >= 11 is 0. The van der Waals surface area contributed by atoms with Gasteiger partial charge in [0.25, 0.3) is 0 Å². The van der Waals surface area contributed by atoms with Gasteiger partial charge < -0.3 is 9.47 Å². The number of carbonyl (C=O) groups is 2. The van der Waals surface area contributed by atoms with Crippen LogP contribution in [-0.2, 0) is 4.74 Å². The van der Waals surface area contributed by atoms with Crippen molar-refractivity contribution in [3.8, 4) is 5.75 Å². The molecule has 1 atom stereocenters. The zero-order valence-electron chi connectivity index (χ0n) is 14.8. The standard InChI is InChI=1S/C19H18FNO6/c1-3-6-12(2)26-18(22)14-7-4-5-8-15(14)19(23)27-17-10-9-13(20)11-16(17)21(24)25/h4-5,7-12H,3,6H2,1-2H3. The molecule has 0 N–H and O–H groups in total. The lowest BCUT2D eigenvalue weighted by atomic mass is 10.1. The fraction of sp³-hybridized carbons (Fsp3) is 0.263. The predicted molar refractivity (Wildman–Crippen MR) is 94.2 cm³/mol. The Morgan fingerprint density at radius 1 is 1.15 bits per heavy atom. The van der Waals surface area contributed by atoms with Crippen LogP contribution in [0.15, 0.2) is 42.5 Å². The fourth-order valence-electron chi connectivity index (χ4n) is 2.43. The average molecular weight is 375 g/mol. The van der Waals surface area contributed by atoms with E-state index in [1.165, 1.54) is 18.2 Å². The number of nitrogens with zero attached hydrogens (tertiary/aromatic N) is 1. The highest BCUT2D eigenvalue weighted by Gasteiger charge is 2.24. The van der Waals surface area contributed by atoms with Gasteiger partial charge in [-0.25, -0.2) is 14.0 Å². The highest BCUT2D eigenvalue weighted by molar-refractivity contribution is 6.04. The molecule has 0 radical (unpaired) electrons. The molecule has 8 heteroatoms. The number of nitro groups is 1. The van der Waals surface area contributed by atoms with Crippen LogP contribution in [0.5, 0.6) is 5.75 Å². The molecule has 0 saturated carbocycles. The highest BCUT2D eigenvalue weighted by atomic mass is 19.1. The van der Waals surface area contributed by atoms with Crippen LogP contribution in [-0.4, -0.2) is 23.0 Å². The molecule has 0 heterocycles. The number of halogens is 1. The van der Waals surface area contributed by atoms with E-state index in [0.29, 0.717) is 12.5 Å². The predicted octanol–water partition coefficient (Wildman–Crippen LogP) is 4.30. The zero-order valence-corrected chi connectivity index (χ0v) is 14.8. The summed E-state index contributed by atoms with van der Waals surface area (Å²) in [6.07, 6.45) is 1.16. The Hall–Kier alpha value is -3.29. The minimum Gasteiger partial charge on any atom is -0.459 e. The second-order valence-electron chi connectivity index (χ2n) is 5.81. The van der Waals surface area contributed by atoms with Crippen molar-refractivity contribution >= 4 is 17.6 Å². The Labute approximate surface area is 154 Å². The molecule has 142 valence electrons. The van der Waals surface area contributed by atoms with E-state index in [1.54, 1.807) is 13.0 Å². The second kappa shape index (κ2) is 8.88. The number of rotatable bonds is 7. The molecule has 0 bridgehead atoms. The molecule has 27 heavy (non-hydrogen) atoms. The first-order chi connectivity index (χ1) is 12.8. The number of benzene rings is 2. The van der Waals surface area contributed by atoms with Crippen molar-refractivity contribution in [1.29, 1.82) is 0 Å². The van der Waals surface area contributed by atoms with Crippen LogP contribution in [0.3, 0.4) is 0 Å². The molecule has 0 spiro atoms. The van der Waals surface area contributed by atoms with E-state index in [0.717, 1.165) is 18.6 Å². The Morgan fingerprint density at radius 3 is 2.37 bits per heavy atom. The Kier molecular flexibility index (Phi) is 6.59. The Balaban J connectivity index is 2.28. The largest absolute Gasteiger partial charge is 0.459 e. The van der Waals surface area contributed by atoms with Gasteiger partial charge in [-0.3, -0.25) is 10.1 Å². The summed E-state index contributed by atoms with van der Waals surface area (Å²) in [6, 6.07) is 8.38. The second-order valence-corrected chi connectivity index (χ2v) is 5.81. The number of ether oxygens (including phenoxy) is 2. The van der Waals surface area contributed by atoms with E-state index in [-0.39, 0.29) is 17.2 Å². The minimum absolute atomic E-state index is 0.0183. The van der Waals surface area contributed by atoms with Gasteiger partial charge in [0.2, 0.25) is 5.75 Å². The molecule has 0 aliphatic carbocycles. The van der Waals surface area contributed by atoms with Gasteiger partial charge in [-0.1, -0.05) is 25.5 Å². The lowest BCUT2D eigenvalue weighted by Gasteiger charge is -2.14. The minimum atomic E-state index is -0.986. The molecule has 7 nitrogen and oxygen atoms in total. The van der Waals surface area contributed by atoms with E-state index in [1.807, 2.05) is 6.92 Å². The Bertz CT molecular complexity index is 867. The molecule has 0 amide bonds. The fourth-order valence-corrected chi connectivity index (χ4v) is 2.43. The van der Waals surface area contributed by atoms with Gasteiger partial charge in [0, 0.05) is 0 Å². The van der Waals surface area contributed by atoms with Crippen molar-refractivity contribution in [2.75, 3.05) is 0 Å². The van der Waals surface area contributed by atoms with Crippen LogP contribution >= 0.6 is 0 Å². The molecule has 2 aromatic carbocycles. The molecule has 0 fully saturated rings. The number of hydrogen-bond acceptors (Lipinski definition) is 6. The van der Waals surface area contributed by atoms with Crippen LogP contribution in [0.1, 0.15) is 47.4 Å². The first-order valence-corrected chi connectivity index (χ1v) is 8.29. The molecule has 2 aromatic rings. The van der Waals surface area contributed by atoms with E-state index in [2.05, 4.69) is 0 Å². The molecule has 1 unspecified atom stereocenters. The lowest BCUT2D eigenvalue weighted by Crippen LogP contribution is -2.19. The van der Waals surface area contributed by atoms with E-state index in [9.17, 15) is 24.1 Å². The third kappa shape index (κ3) is 5.10. The van der Waals surface area contributed by atoms with Crippen LogP contribution in [0.2, 0.25) is 0 Å². The van der Waals surface area contributed by atoms with Crippen molar-refractivity contribution < 1.29 is 28.4 Å². The van der Waals surface area contributed by atoms with E-state index in [4.69, 9.17) is 9.47 Å². The maximum atomic E-state index is 13.2. The number of nitro benzene ring substituents is 1. The van der Waals surface area contributed by atoms with Crippen LogP contribution in [0.25, 0.3) is 0 Å². The summed E-state index contributed by atoms with van der Waals surface area (Å²) in [5.74, 6) is -2.94. The molecule has 0 saturated heterocycles. The van der Waals surface area contributed by atoms with Crippen molar-refractivity contribution in [3.05, 3.63) is 69.5 Å². The maximum Gasteiger partial charge on any atom is 0.344 e. The van der Waals surface area contributed by atoms with Gasteiger partial charge in [0.05, 0.1) is 28.2 Å². The van der Waals surface area contributed by atoms with Gasteiger partial charge >= 0.3 is 17.6 Å². The number of carbonyl (C=O) groups excluding carboxylic acids is 2. The van der Waals surface area contributed by atoms with Crippen molar-refractivity contribution in [2.45, 2.75) is 32.8 Å². The van der Waals surface area contributed by atoms with Gasteiger partial charge in [-0.2, -0.15) is 0 Å². The SMILES string of the molecule is CCCC(C)OC(=O)c1ccccc1C(=O)Oc1ccc(F)cc1[N+](=O)[O-]. The van der Waals surface area contributed by atoms with Gasteiger partial charge in [-0.05, 0) is 37.6 Å². The van der Waals surface area contributed by atoms with Gasteiger partial charge in [-0.15, -0.1) is 0 Å². The monoisotopic (exact) mass is 375 g/mol. The van der Waals surface area contributed by atoms with Crippen LogP contribution in [0.4, 0.5) is 10.1 Å². The molecular weight excluding hydrogens is 357 g/mol. The van der Waals surface area contributed by atoms with E-state index < -0.39 is 34.1 Å². The summed E-state index contributed by atoms with van der Waals surface area (Å²) in [6.45, 7) is 3.69. The number of hydrogen-bond donors (Lipinski definition) is 0. The average Bonchev–Trinajstić information content (AvgIpc) is 2.63. The Morgan fingerprint density at radius 2 is 1.78 bits per heavy atom.